The van der Waals surface area contributed by atoms with Crippen LogP contribution < -0.4 is 15.4 Å². The first-order chi connectivity index (χ1) is 16.3. The molecule has 34 heavy (non-hydrogen) atoms. The SMILES string of the molecule is COc1ccc(C(=O)N2CCN(C(=O)CSCC(=O)O)[C@@H](C(=O)N[C@H]3CCCNC3=O)C2)cc1. The van der Waals surface area contributed by atoms with Crippen LogP contribution in [0.15, 0.2) is 24.3 Å². The van der Waals surface area contributed by atoms with Gasteiger partial charge in [0.25, 0.3) is 5.91 Å². The van der Waals surface area contributed by atoms with E-state index >= 15 is 0 Å². The second kappa shape index (κ2) is 11.7. The number of carbonyl (C=O) groups is 5. The number of thioether (sulfide) groups is 1. The fourth-order valence-electron chi connectivity index (χ4n) is 3.89. The van der Waals surface area contributed by atoms with Crippen LogP contribution in [0.3, 0.4) is 0 Å². The van der Waals surface area contributed by atoms with E-state index in [1.807, 2.05) is 0 Å². The van der Waals surface area contributed by atoms with Crippen molar-refractivity contribution in [2.24, 2.45) is 0 Å². The molecule has 1 aromatic carbocycles. The number of hydrogen-bond acceptors (Lipinski definition) is 7. The number of methoxy groups -OCH3 is 1. The predicted molar refractivity (Wildman–Crippen MR) is 124 cm³/mol. The molecule has 184 valence electrons. The summed E-state index contributed by atoms with van der Waals surface area (Å²) in [6.07, 6.45) is 1.21. The molecular formula is C22H28N4O7S. The molecule has 3 rings (SSSR count). The molecule has 1 aromatic rings. The van der Waals surface area contributed by atoms with E-state index < -0.39 is 29.9 Å². The number of piperazine rings is 1. The van der Waals surface area contributed by atoms with Crippen molar-refractivity contribution in [2.75, 3.05) is 44.8 Å². The van der Waals surface area contributed by atoms with Gasteiger partial charge in [0.15, 0.2) is 0 Å². The zero-order chi connectivity index (χ0) is 24.7. The van der Waals surface area contributed by atoms with E-state index in [0.717, 1.165) is 18.2 Å². The number of piperidine rings is 1. The normalized spacial score (nSPS) is 20.3. The van der Waals surface area contributed by atoms with Crippen LogP contribution in [0, 0.1) is 0 Å². The molecule has 2 heterocycles. The van der Waals surface area contributed by atoms with Gasteiger partial charge in [0.1, 0.15) is 17.8 Å². The van der Waals surface area contributed by atoms with Gasteiger partial charge in [-0.25, -0.2) is 0 Å². The zero-order valence-corrected chi connectivity index (χ0v) is 19.6. The molecule has 0 bridgehead atoms. The summed E-state index contributed by atoms with van der Waals surface area (Å²) in [6, 6.07) is 4.89. The Morgan fingerprint density at radius 1 is 1.18 bits per heavy atom. The second-order valence-electron chi connectivity index (χ2n) is 7.96. The van der Waals surface area contributed by atoms with Gasteiger partial charge in [0.2, 0.25) is 17.7 Å². The first-order valence-corrected chi connectivity index (χ1v) is 12.1. The maximum absolute atomic E-state index is 13.2. The maximum Gasteiger partial charge on any atom is 0.313 e. The number of carbonyl (C=O) groups excluding carboxylic acids is 4. The van der Waals surface area contributed by atoms with Crippen molar-refractivity contribution >= 4 is 41.4 Å². The van der Waals surface area contributed by atoms with E-state index in [0.29, 0.717) is 24.3 Å². The van der Waals surface area contributed by atoms with Gasteiger partial charge in [0.05, 0.1) is 25.2 Å². The van der Waals surface area contributed by atoms with Crippen LogP contribution in [-0.2, 0) is 19.2 Å². The average molecular weight is 493 g/mol. The number of nitrogens with zero attached hydrogens (tertiary/aromatic N) is 2. The quantitative estimate of drug-likeness (QED) is 0.443. The topological polar surface area (TPSA) is 145 Å². The Kier molecular flexibility index (Phi) is 8.74. The Hall–Kier alpha value is -3.28. The van der Waals surface area contributed by atoms with E-state index in [1.54, 1.807) is 24.3 Å². The summed E-state index contributed by atoms with van der Waals surface area (Å²) in [5.41, 5.74) is 0.420. The van der Waals surface area contributed by atoms with Crippen LogP contribution in [0.4, 0.5) is 0 Å². The zero-order valence-electron chi connectivity index (χ0n) is 18.8. The Bertz CT molecular complexity index is 940. The minimum absolute atomic E-state index is 0.0413. The fraction of sp³-hybridized carbons (Fsp3) is 0.500. The largest absolute Gasteiger partial charge is 0.497 e. The molecule has 12 heteroatoms. The number of carboxylic acid groups (broad SMARTS) is 1. The molecule has 0 unspecified atom stereocenters. The summed E-state index contributed by atoms with van der Waals surface area (Å²) in [7, 11) is 1.53. The summed E-state index contributed by atoms with van der Waals surface area (Å²) < 4.78 is 5.12. The van der Waals surface area contributed by atoms with Crippen LogP contribution in [-0.4, -0.2) is 101 Å². The molecule has 0 aliphatic carbocycles. The van der Waals surface area contributed by atoms with Gasteiger partial charge in [-0.3, -0.25) is 24.0 Å². The summed E-state index contributed by atoms with van der Waals surface area (Å²) in [5.74, 6) is -2.26. The van der Waals surface area contributed by atoms with Crippen molar-refractivity contribution in [2.45, 2.75) is 24.9 Å². The number of carboxylic acids is 1. The number of benzene rings is 1. The molecular weight excluding hydrogens is 464 g/mol. The lowest BCUT2D eigenvalue weighted by atomic mass is 10.0. The third-order valence-corrected chi connectivity index (χ3v) is 6.58. The molecule has 11 nitrogen and oxygen atoms in total. The van der Waals surface area contributed by atoms with Gasteiger partial charge < -0.3 is 30.3 Å². The highest BCUT2D eigenvalue weighted by Crippen LogP contribution is 2.18. The van der Waals surface area contributed by atoms with Gasteiger partial charge in [-0.15, -0.1) is 11.8 Å². The molecule has 2 atom stereocenters. The lowest BCUT2D eigenvalue weighted by Crippen LogP contribution is -2.64. The molecule has 4 amide bonds. The summed E-state index contributed by atoms with van der Waals surface area (Å²) >= 11 is 0.941. The van der Waals surface area contributed by atoms with E-state index in [1.165, 1.54) is 16.9 Å². The van der Waals surface area contributed by atoms with Crippen molar-refractivity contribution in [3.63, 3.8) is 0 Å². The van der Waals surface area contributed by atoms with Crippen LogP contribution in [0.5, 0.6) is 5.75 Å². The Balaban J connectivity index is 1.74. The molecule has 0 saturated carbocycles. The summed E-state index contributed by atoms with van der Waals surface area (Å²) in [6.45, 7) is 0.835. The van der Waals surface area contributed by atoms with E-state index in [4.69, 9.17) is 9.84 Å². The van der Waals surface area contributed by atoms with Gasteiger partial charge in [-0.2, -0.15) is 0 Å². The van der Waals surface area contributed by atoms with E-state index in [9.17, 15) is 24.0 Å². The molecule has 2 aliphatic rings. The number of rotatable bonds is 8. The fourth-order valence-corrected chi connectivity index (χ4v) is 4.51. The lowest BCUT2D eigenvalue weighted by molar-refractivity contribution is -0.142. The molecule has 0 aromatic heterocycles. The van der Waals surface area contributed by atoms with Crippen LogP contribution >= 0.6 is 11.8 Å². The number of amides is 4. The smallest absolute Gasteiger partial charge is 0.313 e. The van der Waals surface area contributed by atoms with E-state index in [2.05, 4.69) is 10.6 Å². The highest BCUT2D eigenvalue weighted by atomic mass is 32.2. The molecule has 2 saturated heterocycles. The Morgan fingerprint density at radius 3 is 2.56 bits per heavy atom. The second-order valence-corrected chi connectivity index (χ2v) is 8.95. The molecule has 3 N–H and O–H groups in total. The van der Waals surface area contributed by atoms with Gasteiger partial charge in [-0.05, 0) is 37.1 Å². The van der Waals surface area contributed by atoms with Crippen LogP contribution in [0.2, 0.25) is 0 Å². The molecule has 2 fully saturated rings. The third kappa shape index (κ3) is 6.40. The predicted octanol–water partition coefficient (Wildman–Crippen LogP) is -0.439. The van der Waals surface area contributed by atoms with Crippen molar-refractivity contribution in [3.05, 3.63) is 29.8 Å². The summed E-state index contributed by atoms with van der Waals surface area (Å²) in [5, 5.41) is 14.2. The monoisotopic (exact) mass is 492 g/mol. The Morgan fingerprint density at radius 2 is 1.91 bits per heavy atom. The van der Waals surface area contributed by atoms with E-state index in [-0.39, 0.29) is 43.0 Å². The number of nitrogens with one attached hydrogen (secondary N) is 2. The highest BCUT2D eigenvalue weighted by Gasteiger charge is 2.38. The standard InChI is InChI=1S/C22H28N4O7S/c1-33-15-6-4-14(5-7-15)22(32)25-9-10-26(18(27)12-34-13-19(28)29)17(11-25)21(31)24-16-3-2-8-23-20(16)30/h4-7,16-17H,2-3,8-13H2,1H3,(H,23,30)(H,24,31)(H,28,29)/t16-,17+/m0/s1. The molecule has 2 aliphatic heterocycles. The van der Waals surface area contributed by atoms with Crippen LogP contribution in [0.25, 0.3) is 0 Å². The molecule has 0 spiro atoms. The first kappa shape index (κ1) is 25.3. The lowest BCUT2D eigenvalue weighted by Gasteiger charge is -2.41. The van der Waals surface area contributed by atoms with Crippen molar-refractivity contribution in [3.8, 4) is 5.75 Å². The minimum Gasteiger partial charge on any atom is -0.497 e. The van der Waals surface area contributed by atoms with Gasteiger partial charge in [-0.1, -0.05) is 0 Å². The highest BCUT2D eigenvalue weighted by molar-refractivity contribution is 8.00. The van der Waals surface area contributed by atoms with Crippen molar-refractivity contribution in [1.82, 2.24) is 20.4 Å². The number of hydrogen-bond donors (Lipinski definition) is 3. The van der Waals surface area contributed by atoms with Crippen molar-refractivity contribution < 1.29 is 33.8 Å². The first-order valence-electron chi connectivity index (χ1n) is 10.9. The molecule has 0 radical (unpaired) electrons. The number of aliphatic carboxylic acids is 1. The average Bonchev–Trinajstić information content (AvgIpc) is 2.84. The van der Waals surface area contributed by atoms with Crippen LogP contribution in [0.1, 0.15) is 23.2 Å². The minimum atomic E-state index is -1.04. The van der Waals surface area contributed by atoms with Gasteiger partial charge >= 0.3 is 5.97 Å². The van der Waals surface area contributed by atoms with Gasteiger partial charge in [0, 0.05) is 25.2 Å². The van der Waals surface area contributed by atoms with Crippen molar-refractivity contribution in [1.29, 1.82) is 0 Å². The summed E-state index contributed by atoms with van der Waals surface area (Å²) in [4.78, 5) is 64.8. The number of ether oxygens (including phenoxy) is 1. The maximum atomic E-state index is 13.2. The third-order valence-electron chi connectivity index (χ3n) is 5.68. The Labute approximate surface area is 201 Å².